The average molecular weight is 459 g/mol. The van der Waals surface area contributed by atoms with Crippen molar-refractivity contribution in [3.63, 3.8) is 0 Å². The van der Waals surface area contributed by atoms with Crippen LogP contribution in [0.3, 0.4) is 0 Å². The van der Waals surface area contributed by atoms with Crippen molar-refractivity contribution >= 4 is 39.7 Å². The molecule has 0 radical (unpaired) electrons. The fourth-order valence-corrected chi connectivity index (χ4v) is 5.17. The molecule has 1 fully saturated rings. The molecule has 2 atom stereocenters. The summed E-state index contributed by atoms with van der Waals surface area (Å²) in [5.74, 6) is -0.181. The zero-order valence-electron chi connectivity index (χ0n) is 18.6. The summed E-state index contributed by atoms with van der Waals surface area (Å²) in [6.45, 7) is 6.34. The highest BCUT2D eigenvalue weighted by atomic mass is 32.1. The molecular weight excluding hydrogens is 432 g/mol. The number of benzene rings is 2. The van der Waals surface area contributed by atoms with Crippen molar-refractivity contribution < 1.29 is 5.11 Å². The maximum atomic E-state index is 12.4. The molecule has 7 heteroatoms. The zero-order valence-corrected chi connectivity index (χ0v) is 19.4. The third kappa shape index (κ3) is 4.42. The number of nitrogens with zero attached hydrogens (tertiary/aromatic N) is 2. The topological polar surface area (TPSA) is 80.7 Å². The van der Waals surface area contributed by atoms with Crippen LogP contribution in [0.15, 0.2) is 69.1 Å². The minimum Gasteiger partial charge on any atom is -0.494 e. The Morgan fingerprint density at radius 1 is 1.03 bits per heavy atom. The molecule has 6 nitrogen and oxygen atoms in total. The van der Waals surface area contributed by atoms with Gasteiger partial charge in [0.2, 0.25) is 5.88 Å². The number of hydrogen-bond donors (Lipinski definition) is 3. The summed E-state index contributed by atoms with van der Waals surface area (Å²) in [4.78, 5) is 21.9. The molecule has 3 heterocycles. The van der Waals surface area contributed by atoms with Crippen LogP contribution < -0.4 is 15.8 Å². The lowest BCUT2D eigenvalue weighted by Gasteiger charge is -2.37. The van der Waals surface area contributed by atoms with E-state index in [0.717, 1.165) is 29.9 Å². The minimum atomic E-state index is -0.319. The number of anilines is 1. The van der Waals surface area contributed by atoms with Gasteiger partial charge < -0.3 is 15.3 Å². The van der Waals surface area contributed by atoms with Crippen molar-refractivity contribution in [2.24, 2.45) is 4.99 Å². The van der Waals surface area contributed by atoms with E-state index in [0.29, 0.717) is 28.4 Å². The van der Waals surface area contributed by atoms with Crippen LogP contribution >= 0.6 is 11.3 Å². The molecule has 168 valence electrons. The van der Waals surface area contributed by atoms with Gasteiger partial charge >= 0.3 is 0 Å². The number of piperazine rings is 1. The van der Waals surface area contributed by atoms with E-state index in [1.54, 1.807) is 23.6 Å². The molecule has 0 aliphatic carbocycles. The van der Waals surface area contributed by atoms with Gasteiger partial charge in [0, 0.05) is 47.8 Å². The number of fused-ring (bicyclic) bond motifs is 1. The SMILES string of the molecule is CC1CN(c2ccc(N=Cc3c(O)[nH]c(=O)c4ccc(-c5ccsc5)cc34)cc2)CC(C)N1. The Labute approximate surface area is 196 Å². The summed E-state index contributed by atoms with van der Waals surface area (Å²) < 4.78 is 0. The maximum Gasteiger partial charge on any atom is 0.258 e. The molecule has 3 N–H and O–H groups in total. The molecule has 1 aliphatic heterocycles. The molecule has 2 unspecified atom stereocenters. The van der Waals surface area contributed by atoms with Gasteiger partial charge in [0.25, 0.3) is 5.56 Å². The highest BCUT2D eigenvalue weighted by Crippen LogP contribution is 2.29. The molecular formula is C26H26N4O2S. The Kier molecular flexibility index (Phi) is 5.74. The first kappa shape index (κ1) is 21.4. The smallest absolute Gasteiger partial charge is 0.258 e. The second-order valence-corrected chi connectivity index (χ2v) is 9.42. The maximum absolute atomic E-state index is 12.4. The van der Waals surface area contributed by atoms with E-state index in [9.17, 15) is 9.90 Å². The van der Waals surface area contributed by atoms with Gasteiger partial charge in [-0.25, -0.2) is 0 Å². The van der Waals surface area contributed by atoms with Crippen LogP contribution in [0, 0.1) is 0 Å². The normalized spacial score (nSPS) is 18.9. The molecule has 2 aromatic heterocycles. The highest BCUT2D eigenvalue weighted by Gasteiger charge is 2.20. The van der Waals surface area contributed by atoms with Crippen LogP contribution in [0.4, 0.5) is 11.4 Å². The summed E-state index contributed by atoms with van der Waals surface area (Å²) in [6, 6.07) is 16.7. The Bertz CT molecular complexity index is 1350. The molecule has 33 heavy (non-hydrogen) atoms. The number of thiophene rings is 1. The fraction of sp³-hybridized carbons (Fsp3) is 0.231. The lowest BCUT2D eigenvalue weighted by atomic mass is 10.0. The Balaban J connectivity index is 1.46. The largest absolute Gasteiger partial charge is 0.494 e. The van der Waals surface area contributed by atoms with Crippen molar-refractivity contribution in [1.29, 1.82) is 0 Å². The van der Waals surface area contributed by atoms with Crippen LogP contribution in [-0.2, 0) is 0 Å². The number of aromatic amines is 1. The number of hydrogen-bond acceptors (Lipinski definition) is 6. The van der Waals surface area contributed by atoms with Gasteiger partial charge in [0.1, 0.15) is 0 Å². The first-order valence-electron chi connectivity index (χ1n) is 11.0. The van der Waals surface area contributed by atoms with E-state index in [4.69, 9.17) is 0 Å². The first-order valence-corrected chi connectivity index (χ1v) is 12.0. The third-order valence-corrected chi connectivity index (χ3v) is 6.69. The standard InChI is InChI=1S/C26H26N4O2S/c1-16-13-30(14-17(2)28-16)21-6-4-20(5-7-21)27-12-24-23-11-18(19-9-10-33-15-19)3-8-22(23)25(31)29-26(24)32/h3-12,15-17,28H,13-14H2,1-2H3,(H2,29,31,32). The number of aromatic hydroxyl groups is 1. The fourth-order valence-electron chi connectivity index (χ4n) is 4.50. The molecule has 0 saturated carbocycles. The van der Waals surface area contributed by atoms with Gasteiger partial charge in [0.05, 0.1) is 11.3 Å². The molecule has 0 spiro atoms. The first-order chi connectivity index (χ1) is 16.0. The Morgan fingerprint density at radius 3 is 2.48 bits per heavy atom. The molecule has 2 aromatic carbocycles. The van der Waals surface area contributed by atoms with Gasteiger partial charge in [-0.3, -0.25) is 14.8 Å². The summed E-state index contributed by atoms with van der Waals surface area (Å²) in [7, 11) is 0. The number of nitrogens with one attached hydrogen (secondary N) is 2. The quantitative estimate of drug-likeness (QED) is 0.380. The number of aromatic nitrogens is 1. The van der Waals surface area contributed by atoms with Gasteiger partial charge in [-0.15, -0.1) is 0 Å². The average Bonchev–Trinajstić information content (AvgIpc) is 3.33. The van der Waals surface area contributed by atoms with Gasteiger partial charge in [-0.1, -0.05) is 6.07 Å². The van der Waals surface area contributed by atoms with Crippen molar-refractivity contribution in [1.82, 2.24) is 10.3 Å². The summed E-state index contributed by atoms with van der Waals surface area (Å²) in [5, 5.41) is 19.3. The Morgan fingerprint density at radius 2 is 1.79 bits per heavy atom. The van der Waals surface area contributed by atoms with E-state index >= 15 is 0 Å². The van der Waals surface area contributed by atoms with Crippen molar-refractivity contribution in [3.8, 4) is 17.0 Å². The summed E-state index contributed by atoms with van der Waals surface area (Å²) in [5.41, 5.74) is 4.20. The van der Waals surface area contributed by atoms with Crippen molar-refractivity contribution in [2.75, 3.05) is 18.0 Å². The van der Waals surface area contributed by atoms with Gasteiger partial charge in [-0.05, 0) is 78.2 Å². The van der Waals surface area contributed by atoms with Crippen molar-refractivity contribution in [3.05, 3.63) is 75.2 Å². The molecule has 5 rings (SSSR count). The molecule has 0 bridgehead atoms. The predicted octanol–water partition coefficient (Wildman–Crippen LogP) is 4.90. The molecule has 0 amide bonds. The highest BCUT2D eigenvalue weighted by molar-refractivity contribution is 7.08. The van der Waals surface area contributed by atoms with Crippen LogP contribution in [0.1, 0.15) is 19.4 Å². The summed E-state index contributed by atoms with van der Waals surface area (Å²) in [6.07, 6.45) is 1.62. The van der Waals surface area contributed by atoms with E-state index in [-0.39, 0.29) is 11.4 Å². The Hall–Kier alpha value is -3.42. The molecule has 4 aromatic rings. The van der Waals surface area contributed by atoms with Crippen LogP contribution in [-0.4, -0.2) is 41.5 Å². The van der Waals surface area contributed by atoms with Crippen LogP contribution in [0.25, 0.3) is 21.9 Å². The zero-order chi connectivity index (χ0) is 22.9. The lowest BCUT2D eigenvalue weighted by molar-refractivity contribution is 0.407. The lowest BCUT2D eigenvalue weighted by Crippen LogP contribution is -2.54. The number of rotatable bonds is 4. The van der Waals surface area contributed by atoms with E-state index in [2.05, 4.69) is 51.6 Å². The second kappa shape index (κ2) is 8.84. The number of pyridine rings is 1. The minimum absolute atomic E-state index is 0.181. The van der Waals surface area contributed by atoms with Crippen molar-refractivity contribution in [2.45, 2.75) is 25.9 Å². The number of aliphatic imine (C=N–C) groups is 1. The molecule has 1 aliphatic rings. The third-order valence-electron chi connectivity index (χ3n) is 6.01. The van der Waals surface area contributed by atoms with Gasteiger partial charge in [0.15, 0.2) is 0 Å². The summed E-state index contributed by atoms with van der Waals surface area (Å²) >= 11 is 1.62. The number of H-pyrrole nitrogens is 1. The van der Waals surface area contributed by atoms with Crippen LogP contribution in [0.2, 0.25) is 0 Å². The van der Waals surface area contributed by atoms with E-state index in [1.807, 2.05) is 35.7 Å². The van der Waals surface area contributed by atoms with Gasteiger partial charge in [-0.2, -0.15) is 11.3 Å². The van der Waals surface area contributed by atoms with E-state index < -0.39 is 0 Å². The second-order valence-electron chi connectivity index (χ2n) is 8.64. The molecule has 1 saturated heterocycles. The van der Waals surface area contributed by atoms with Crippen LogP contribution in [0.5, 0.6) is 5.88 Å². The van der Waals surface area contributed by atoms with E-state index in [1.165, 1.54) is 5.69 Å². The monoisotopic (exact) mass is 458 g/mol. The predicted molar refractivity (Wildman–Crippen MR) is 138 cm³/mol.